The molecule has 0 radical (unpaired) electrons. The van der Waals surface area contributed by atoms with Crippen molar-refractivity contribution in [3.05, 3.63) is 41.1 Å². The third kappa shape index (κ3) is 2.36. The van der Waals surface area contributed by atoms with Crippen LogP contribution in [0.15, 0.2) is 30.0 Å². The maximum absolute atomic E-state index is 12.7. The van der Waals surface area contributed by atoms with Crippen molar-refractivity contribution in [3.8, 4) is 0 Å². The van der Waals surface area contributed by atoms with Crippen LogP contribution in [0.1, 0.15) is 24.2 Å². The Morgan fingerprint density at radius 2 is 2.05 bits per heavy atom. The number of benzene rings is 1. The summed E-state index contributed by atoms with van der Waals surface area (Å²) in [6, 6.07) is 2.94. The highest BCUT2D eigenvalue weighted by Gasteiger charge is 2.35. The molecule has 0 saturated carbocycles. The van der Waals surface area contributed by atoms with E-state index in [0.29, 0.717) is 12.2 Å². The number of anilines is 1. The highest BCUT2D eigenvalue weighted by atomic mass is 19.4. The highest BCUT2D eigenvalue weighted by Crippen LogP contribution is 2.40. The molecule has 1 aromatic carbocycles. The summed E-state index contributed by atoms with van der Waals surface area (Å²) >= 11 is 0. The first-order valence-corrected chi connectivity index (χ1v) is 5.86. The standard InChI is InChI=1S/C13H12F3NO3/c1-2-17-6-9(12(19)20)11(18)8-5-7(13(14,15)16)3-4-10(8)17/h3-6,11,18H,2H2,1H3,(H,19,20). The lowest BCUT2D eigenvalue weighted by molar-refractivity contribution is -0.137. The summed E-state index contributed by atoms with van der Waals surface area (Å²) in [6.45, 7) is 2.11. The second-order valence-electron chi connectivity index (χ2n) is 4.35. The average Bonchev–Trinajstić information content (AvgIpc) is 2.37. The van der Waals surface area contributed by atoms with Gasteiger partial charge in [0.1, 0.15) is 6.10 Å². The first kappa shape index (κ1) is 14.4. The average molecular weight is 287 g/mol. The van der Waals surface area contributed by atoms with Crippen molar-refractivity contribution in [2.75, 3.05) is 11.4 Å². The Hall–Kier alpha value is -2.02. The molecule has 1 aromatic rings. The lowest BCUT2D eigenvalue weighted by Gasteiger charge is -2.30. The molecule has 0 saturated heterocycles. The quantitative estimate of drug-likeness (QED) is 0.877. The molecule has 1 aliphatic rings. The molecule has 1 atom stereocenters. The molecule has 108 valence electrons. The van der Waals surface area contributed by atoms with E-state index in [2.05, 4.69) is 0 Å². The summed E-state index contributed by atoms with van der Waals surface area (Å²) < 4.78 is 38.1. The molecule has 1 aliphatic heterocycles. The maximum atomic E-state index is 12.7. The van der Waals surface area contributed by atoms with E-state index < -0.39 is 23.8 Å². The van der Waals surface area contributed by atoms with Gasteiger partial charge in [-0.15, -0.1) is 0 Å². The summed E-state index contributed by atoms with van der Waals surface area (Å²) in [5.41, 5.74) is -0.948. The smallest absolute Gasteiger partial charge is 0.416 e. The van der Waals surface area contributed by atoms with Crippen molar-refractivity contribution in [1.29, 1.82) is 0 Å². The molecule has 0 aromatic heterocycles. The van der Waals surface area contributed by atoms with Crippen molar-refractivity contribution in [2.24, 2.45) is 0 Å². The number of alkyl halides is 3. The Bertz CT molecular complexity index is 581. The van der Waals surface area contributed by atoms with Crippen LogP contribution < -0.4 is 4.90 Å². The zero-order valence-corrected chi connectivity index (χ0v) is 10.5. The van der Waals surface area contributed by atoms with Crippen molar-refractivity contribution in [3.63, 3.8) is 0 Å². The van der Waals surface area contributed by atoms with E-state index in [9.17, 15) is 23.1 Å². The molecule has 7 heteroatoms. The molecule has 4 nitrogen and oxygen atoms in total. The summed E-state index contributed by atoms with van der Waals surface area (Å²) in [6.07, 6.45) is -4.88. The largest absolute Gasteiger partial charge is 0.478 e. The normalized spacial score (nSPS) is 18.6. The van der Waals surface area contributed by atoms with E-state index in [1.807, 2.05) is 0 Å². The fourth-order valence-electron chi connectivity index (χ4n) is 2.12. The van der Waals surface area contributed by atoms with Gasteiger partial charge in [-0.2, -0.15) is 13.2 Å². The van der Waals surface area contributed by atoms with Gasteiger partial charge < -0.3 is 15.1 Å². The zero-order chi connectivity index (χ0) is 15.1. The number of fused-ring (bicyclic) bond motifs is 1. The Morgan fingerprint density at radius 1 is 1.40 bits per heavy atom. The number of carbonyl (C=O) groups is 1. The van der Waals surface area contributed by atoms with Gasteiger partial charge in [0.15, 0.2) is 0 Å². The lowest BCUT2D eigenvalue weighted by Crippen LogP contribution is -2.27. The van der Waals surface area contributed by atoms with Gasteiger partial charge in [0, 0.05) is 24.0 Å². The number of aliphatic hydroxyl groups excluding tert-OH is 1. The lowest BCUT2D eigenvalue weighted by atomic mass is 9.94. The van der Waals surface area contributed by atoms with Crippen LogP contribution in [0, 0.1) is 0 Å². The molecular formula is C13H12F3NO3. The van der Waals surface area contributed by atoms with Crippen LogP contribution in [0.5, 0.6) is 0 Å². The van der Waals surface area contributed by atoms with E-state index in [0.717, 1.165) is 12.1 Å². The van der Waals surface area contributed by atoms with E-state index in [1.54, 1.807) is 6.92 Å². The fraction of sp³-hybridized carbons (Fsp3) is 0.308. The van der Waals surface area contributed by atoms with Crippen molar-refractivity contribution >= 4 is 11.7 Å². The van der Waals surface area contributed by atoms with E-state index >= 15 is 0 Å². The summed E-state index contributed by atoms with van der Waals surface area (Å²) in [4.78, 5) is 12.5. The van der Waals surface area contributed by atoms with Crippen LogP contribution in [-0.2, 0) is 11.0 Å². The van der Waals surface area contributed by atoms with E-state index in [4.69, 9.17) is 5.11 Å². The SMILES string of the molecule is CCN1C=C(C(=O)O)C(O)c2cc(C(F)(F)F)ccc21. The monoisotopic (exact) mass is 287 g/mol. The van der Waals surface area contributed by atoms with Crippen LogP contribution in [0.25, 0.3) is 0 Å². The number of halogens is 3. The maximum Gasteiger partial charge on any atom is 0.416 e. The number of carboxylic acids is 1. The first-order chi connectivity index (χ1) is 9.25. The van der Waals surface area contributed by atoms with Crippen molar-refractivity contribution in [1.82, 2.24) is 0 Å². The predicted molar refractivity (Wildman–Crippen MR) is 65.1 cm³/mol. The van der Waals surface area contributed by atoms with Crippen LogP contribution >= 0.6 is 0 Å². The molecule has 2 rings (SSSR count). The molecular weight excluding hydrogens is 275 g/mol. The number of hydrogen-bond acceptors (Lipinski definition) is 3. The Kier molecular flexibility index (Phi) is 3.47. The molecule has 1 unspecified atom stereocenters. The number of nitrogens with zero attached hydrogens (tertiary/aromatic N) is 1. The third-order valence-corrected chi connectivity index (χ3v) is 3.14. The van der Waals surface area contributed by atoms with E-state index in [1.165, 1.54) is 17.2 Å². The van der Waals surface area contributed by atoms with Crippen molar-refractivity contribution in [2.45, 2.75) is 19.2 Å². The minimum Gasteiger partial charge on any atom is -0.478 e. The minimum absolute atomic E-state index is 0.0541. The van der Waals surface area contributed by atoms with Gasteiger partial charge >= 0.3 is 12.1 Å². The Morgan fingerprint density at radius 3 is 2.55 bits per heavy atom. The Balaban J connectivity index is 2.57. The van der Waals surface area contributed by atoms with E-state index in [-0.39, 0.29) is 11.1 Å². The second-order valence-corrected chi connectivity index (χ2v) is 4.35. The van der Waals surface area contributed by atoms with Gasteiger partial charge in [-0.05, 0) is 25.1 Å². The van der Waals surface area contributed by atoms with Gasteiger partial charge in [-0.1, -0.05) is 0 Å². The van der Waals surface area contributed by atoms with Gasteiger partial charge in [0.05, 0.1) is 11.1 Å². The predicted octanol–water partition coefficient (Wildman–Crippen LogP) is 2.55. The van der Waals surface area contributed by atoms with Gasteiger partial charge in [0.25, 0.3) is 0 Å². The van der Waals surface area contributed by atoms with Gasteiger partial charge in [-0.25, -0.2) is 4.79 Å². The number of rotatable bonds is 2. The number of carboxylic acid groups (broad SMARTS) is 1. The van der Waals surface area contributed by atoms with Gasteiger partial charge in [0.2, 0.25) is 0 Å². The first-order valence-electron chi connectivity index (χ1n) is 5.86. The van der Waals surface area contributed by atoms with Crippen LogP contribution in [0.3, 0.4) is 0 Å². The summed E-state index contributed by atoms with van der Waals surface area (Å²) in [5.74, 6) is -1.36. The molecule has 0 spiro atoms. The third-order valence-electron chi connectivity index (χ3n) is 3.14. The molecule has 0 aliphatic carbocycles. The van der Waals surface area contributed by atoms with Crippen molar-refractivity contribution < 1.29 is 28.2 Å². The Labute approximate surface area is 112 Å². The molecule has 1 heterocycles. The molecule has 0 amide bonds. The molecule has 20 heavy (non-hydrogen) atoms. The molecule has 0 fully saturated rings. The minimum atomic E-state index is -4.55. The van der Waals surface area contributed by atoms with Crippen LogP contribution in [-0.4, -0.2) is 22.7 Å². The number of aliphatic carboxylic acids is 1. The number of aliphatic hydroxyl groups is 1. The fourth-order valence-corrected chi connectivity index (χ4v) is 2.12. The highest BCUT2D eigenvalue weighted by molar-refractivity contribution is 5.90. The molecule has 0 bridgehead atoms. The molecule has 2 N–H and O–H groups in total. The van der Waals surface area contributed by atoms with Gasteiger partial charge in [-0.3, -0.25) is 0 Å². The second kappa shape index (κ2) is 4.82. The van der Waals surface area contributed by atoms with Crippen LogP contribution in [0.4, 0.5) is 18.9 Å². The number of hydrogen-bond donors (Lipinski definition) is 2. The summed E-state index contributed by atoms with van der Waals surface area (Å²) in [7, 11) is 0. The topological polar surface area (TPSA) is 60.8 Å². The summed E-state index contributed by atoms with van der Waals surface area (Å²) in [5, 5.41) is 19.0. The van der Waals surface area contributed by atoms with Crippen LogP contribution in [0.2, 0.25) is 0 Å². The zero-order valence-electron chi connectivity index (χ0n) is 10.5.